The molecule has 32 heavy (non-hydrogen) atoms. The Morgan fingerprint density at radius 3 is 2.62 bits per heavy atom. The Labute approximate surface area is 192 Å². The van der Waals surface area contributed by atoms with Gasteiger partial charge in [0.15, 0.2) is 11.2 Å². The van der Waals surface area contributed by atoms with Gasteiger partial charge in [0.2, 0.25) is 5.95 Å². The second-order valence-corrected chi connectivity index (χ2v) is 8.46. The largest absolute Gasteiger partial charge is 0.489 e. The first-order valence-electron chi connectivity index (χ1n) is 9.95. The van der Waals surface area contributed by atoms with Crippen LogP contribution in [0.25, 0.3) is 11.2 Å². The highest BCUT2D eigenvalue weighted by atomic mass is 35.5. The van der Waals surface area contributed by atoms with Crippen LogP contribution >= 0.6 is 23.2 Å². The summed E-state index contributed by atoms with van der Waals surface area (Å²) in [5.74, 6) is 1.29. The lowest BCUT2D eigenvalue weighted by molar-refractivity contribution is 0.306. The Morgan fingerprint density at radius 2 is 1.84 bits per heavy atom. The average molecular weight is 472 g/mol. The van der Waals surface area contributed by atoms with Crippen LogP contribution in [0.5, 0.6) is 5.75 Å². The number of fused-ring (bicyclic) bond motifs is 3. The summed E-state index contributed by atoms with van der Waals surface area (Å²) >= 11 is 12.2. The van der Waals surface area contributed by atoms with Crippen LogP contribution in [0.1, 0.15) is 5.56 Å². The second-order valence-electron chi connectivity index (χ2n) is 7.61. The van der Waals surface area contributed by atoms with Crippen molar-refractivity contribution in [3.8, 4) is 5.75 Å². The van der Waals surface area contributed by atoms with Gasteiger partial charge in [-0.05, 0) is 24.3 Å². The van der Waals surface area contributed by atoms with E-state index in [1.54, 1.807) is 19.2 Å². The minimum absolute atomic E-state index is 0.302. The average Bonchev–Trinajstić information content (AvgIpc) is 3.35. The number of rotatable bonds is 4. The van der Waals surface area contributed by atoms with E-state index in [0.29, 0.717) is 52.6 Å². The number of ether oxygens (including phenoxy) is 1. The fourth-order valence-electron chi connectivity index (χ4n) is 3.94. The number of imidazole rings is 1. The van der Waals surface area contributed by atoms with E-state index in [1.165, 1.54) is 11.6 Å². The molecule has 0 fully saturated rings. The van der Waals surface area contributed by atoms with Gasteiger partial charge in [-0.3, -0.25) is 13.9 Å². The smallest absolute Gasteiger partial charge is 0.332 e. The maximum atomic E-state index is 12.7. The summed E-state index contributed by atoms with van der Waals surface area (Å²) in [6.07, 6.45) is 0. The van der Waals surface area contributed by atoms with Gasteiger partial charge < -0.3 is 14.2 Å². The van der Waals surface area contributed by atoms with Crippen LogP contribution < -0.4 is 20.9 Å². The zero-order valence-electron chi connectivity index (χ0n) is 17.4. The van der Waals surface area contributed by atoms with Gasteiger partial charge in [-0.15, -0.1) is 0 Å². The van der Waals surface area contributed by atoms with E-state index in [-0.39, 0.29) is 5.56 Å². The van der Waals surface area contributed by atoms with Crippen molar-refractivity contribution >= 4 is 46.0 Å². The zero-order valence-corrected chi connectivity index (χ0v) is 18.9. The molecular weight excluding hydrogens is 453 g/mol. The highest BCUT2D eigenvalue weighted by Gasteiger charge is 2.28. The molecule has 164 valence electrons. The summed E-state index contributed by atoms with van der Waals surface area (Å²) in [6, 6.07) is 12.9. The van der Waals surface area contributed by atoms with Crippen molar-refractivity contribution in [2.24, 2.45) is 14.1 Å². The molecule has 0 bridgehead atoms. The molecule has 5 rings (SSSR count). The molecule has 1 aliphatic heterocycles. The van der Waals surface area contributed by atoms with Crippen LogP contribution in [0.4, 0.5) is 11.6 Å². The lowest BCUT2D eigenvalue weighted by Crippen LogP contribution is -2.37. The van der Waals surface area contributed by atoms with Crippen molar-refractivity contribution in [2.75, 3.05) is 11.4 Å². The lowest BCUT2D eigenvalue weighted by atomic mass is 10.2. The summed E-state index contributed by atoms with van der Waals surface area (Å²) in [4.78, 5) is 31.6. The van der Waals surface area contributed by atoms with E-state index in [0.717, 1.165) is 15.8 Å². The quantitative estimate of drug-likeness (QED) is 0.455. The van der Waals surface area contributed by atoms with Crippen LogP contribution in [0.15, 0.2) is 52.1 Å². The Hall–Kier alpha value is -3.23. The molecule has 10 heteroatoms. The van der Waals surface area contributed by atoms with Crippen LogP contribution in [0.3, 0.4) is 0 Å². The van der Waals surface area contributed by atoms with Gasteiger partial charge in [0.25, 0.3) is 5.56 Å². The van der Waals surface area contributed by atoms with Crippen molar-refractivity contribution in [3.05, 3.63) is 78.9 Å². The number of benzene rings is 2. The molecule has 0 spiro atoms. The molecule has 0 atom stereocenters. The molecule has 2 aromatic carbocycles. The third-order valence-electron chi connectivity index (χ3n) is 5.66. The summed E-state index contributed by atoms with van der Waals surface area (Å²) in [5, 5.41) is 1.12. The number of aromatic nitrogens is 4. The van der Waals surface area contributed by atoms with E-state index in [4.69, 9.17) is 27.9 Å². The third-order valence-corrected chi connectivity index (χ3v) is 6.24. The summed E-state index contributed by atoms with van der Waals surface area (Å²) in [7, 11) is 3.10. The molecule has 8 nitrogen and oxygen atoms in total. The number of hydrogen-bond donors (Lipinski definition) is 0. The summed E-state index contributed by atoms with van der Waals surface area (Å²) in [6.45, 7) is 1.54. The first-order valence-corrected chi connectivity index (χ1v) is 10.7. The van der Waals surface area contributed by atoms with E-state index in [9.17, 15) is 9.59 Å². The Balaban J connectivity index is 1.48. The number of aryl methyl sites for hydroxylation is 1. The van der Waals surface area contributed by atoms with Gasteiger partial charge in [-0.2, -0.15) is 4.98 Å². The molecule has 4 aromatic rings. The highest BCUT2D eigenvalue weighted by molar-refractivity contribution is 6.35. The summed E-state index contributed by atoms with van der Waals surface area (Å²) in [5.41, 5.74) is 1.77. The number of nitrogens with zero attached hydrogens (tertiary/aromatic N) is 5. The van der Waals surface area contributed by atoms with Gasteiger partial charge in [0.05, 0.1) is 0 Å². The SMILES string of the molecule is Cn1c(=O)c2c(nc3n2CCN3c2cccc(OCc3ccc(Cl)cc3Cl)c2)n(C)c1=O. The van der Waals surface area contributed by atoms with E-state index >= 15 is 0 Å². The Bertz CT molecular complexity index is 1490. The van der Waals surface area contributed by atoms with Crippen molar-refractivity contribution < 1.29 is 4.74 Å². The highest BCUT2D eigenvalue weighted by Crippen LogP contribution is 2.33. The van der Waals surface area contributed by atoms with E-state index < -0.39 is 5.69 Å². The minimum atomic E-state index is -0.401. The van der Waals surface area contributed by atoms with Crippen LogP contribution in [-0.2, 0) is 27.2 Å². The molecule has 0 saturated heterocycles. The molecule has 0 amide bonds. The lowest BCUT2D eigenvalue weighted by Gasteiger charge is -2.17. The minimum Gasteiger partial charge on any atom is -0.489 e. The van der Waals surface area contributed by atoms with Crippen LogP contribution in [-0.4, -0.2) is 25.2 Å². The van der Waals surface area contributed by atoms with E-state index in [2.05, 4.69) is 4.98 Å². The molecule has 0 N–H and O–H groups in total. The monoisotopic (exact) mass is 471 g/mol. The standard InChI is InChI=1S/C22H19Cl2N5O3/c1-26-19-18(20(30)27(2)22(26)31)29-9-8-28(21(29)25-19)15-4-3-5-16(11-15)32-12-13-6-7-14(23)10-17(13)24/h3-7,10-11H,8-9,12H2,1-2H3. The van der Waals surface area contributed by atoms with Crippen molar-refractivity contribution in [1.29, 1.82) is 0 Å². The molecule has 0 unspecified atom stereocenters. The van der Waals surface area contributed by atoms with Gasteiger partial charge in [-0.25, -0.2) is 4.79 Å². The number of hydrogen-bond acceptors (Lipinski definition) is 5. The fraction of sp³-hybridized carbons (Fsp3) is 0.227. The molecule has 3 heterocycles. The van der Waals surface area contributed by atoms with Gasteiger partial charge in [-0.1, -0.05) is 35.3 Å². The van der Waals surface area contributed by atoms with Gasteiger partial charge in [0, 0.05) is 54.5 Å². The van der Waals surface area contributed by atoms with Crippen molar-refractivity contribution in [2.45, 2.75) is 13.2 Å². The molecule has 0 aliphatic carbocycles. The molecule has 0 radical (unpaired) electrons. The van der Waals surface area contributed by atoms with Crippen molar-refractivity contribution in [3.63, 3.8) is 0 Å². The molecular formula is C22H19Cl2N5O3. The topological polar surface area (TPSA) is 74.3 Å². The van der Waals surface area contributed by atoms with E-state index in [1.807, 2.05) is 39.8 Å². The first-order chi connectivity index (χ1) is 15.3. The van der Waals surface area contributed by atoms with Gasteiger partial charge in [0.1, 0.15) is 12.4 Å². The maximum Gasteiger partial charge on any atom is 0.332 e. The predicted molar refractivity (Wildman–Crippen MR) is 124 cm³/mol. The third kappa shape index (κ3) is 3.27. The Kier molecular flexibility index (Phi) is 4.98. The Morgan fingerprint density at radius 1 is 1.03 bits per heavy atom. The molecule has 2 aromatic heterocycles. The fourth-order valence-corrected chi connectivity index (χ4v) is 4.40. The number of halogens is 2. The second kappa shape index (κ2) is 7.72. The van der Waals surface area contributed by atoms with Crippen LogP contribution in [0.2, 0.25) is 10.0 Å². The zero-order chi connectivity index (χ0) is 22.6. The number of anilines is 2. The van der Waals surface area contributed by atoms with Gasteiger partial charge >= 0.3 is 5.69 Å². The predicted octanol–water partition coefficient (Wildman–Crippen LogP) is 3.47. The summed E-state index contributed by atoms with van der Waals surface area (Å²) < 4.78 is 10.3. The van der Waals surface area contributed by atoms with Crippen molar-refractivity contribution in [1.82, 2.24) is 18.7 Å². The molecule has 1 aliphatic rings. The van der Waals surface area contributed by atoms with Crippen LogP contribution in [0, 0.1) is 0 Å². The normalized spacial score (nSPS) is 13.1. The first kappa shape index (κ1) is 20.7. The maximum absolute atomic E-state index is 12.7. The molecule has 0 saturated carbocycles.